The lowest BCUT2D eigenvalue weighted by atomic mass is 10.0. The first kappa shape index (κ1) is 20.1. The first-order valence-corrected chi connectivity index (χ1v) is 10.1. The molecule has 1 amide bonds. The molecule has 0 aromatic heterocycles. The van der Waals surface area contributed by atoms with E-state index in [4.69, 9.17) is 0 Å². The van der Waals surface area contributed by atoms with Crippen LogP contribution in [0.4, 0.5) is 5.69 Å². The van der Waals surface area contributed by atoms with Gasteiger partial charge in [-0.05, 0) is 50.1 Å². The average Bonchev–Trinajstić information content (AvgIpc) is 2.57. The minimum absolute atomic E-state index is 0.183. The van der Waals surface area contributed by atoms with Crippen molar-refractivity contribution in [1.29, 1.82) is 0 Å². The zero-order valence-corrected chi connectivity index (χ0v) is 16.8. The molecule has 0 spiro atoms. The number of hydrogen-bond acceptors (Lipinski definition) is 3. The van der Waals surface area contributed by atoms with Crippen LogP contribution in [0.2, 0.25) is 0 Å². The number of benzene rings is 2. The van der Waals surface area contributed by atoms with Crippen LogP contribution in [0.15, 0.2) is 41.3 Å². The normalized spacial score (nSPS) is 11.6. The van der Waals surface area contributed by atoms with Crippen molar-refractivity contribution in [2.24, 2.45) is 0 Å². The van der Waals surface area contributed by atoms with E-state index >= 15 is 0 Å². The average molecular weight is 375 g/mol. The van der Waals surface area contributed by atoms with Gasteiger partial charge in [0.1, 0.15) is 0 Å². The van der Waals surface area contributed by atoms with Gasteiger partial charge in [-0.1, -0.05) is 37.6 Å². The van der Waals surface area contributed by atoms with E-state index in [0.29, 0.717) is 24.3 Å². The van der Waals surface area contributed by atoms with Crippen LogP contribution < -0.4 is 5.32 Å². The van der Waals surface area contributed by atoms with Gasteiger partial charge in [0.2, 0.25) is 10.0 Å². The molecule has 0 saturated carbocycles. The molecule has 0 heterocycles. The number of nitrogens with one attached hydrogen (secondary N) is 1. The molecule has 1 N–H and O–H groups in total. The molecule has 0 aliphatic carbocycles. The summed E-state index contributed by atoms with van der Waals surface area (Å²) in [5, 5.41) is 2.85. The minimum atomic E-state index is -3.57. The van der Waals surface area contributed by atoms with E-state index < -0.39 is 10.0 Å². The van der Waals surface area contributed by atoms with Crippen LogP contribution >= 0.6 is 0 Å². The maximum Gasteiger partial charge on any atom is 0.255 e. The molecular formula is C20H26N2O3S. The molecule has 2 aromatic rings. The molecule has 5 nitrogen and oxygen atoms in total. The van der Waals surface area contributed by atoms with E-state index in [1.807, 2.05) is 32.9 Å². The third-order valence-corrected chi connectivity index (χ3v) is 6.47. The second-order valence-corrected chi connectivity index (χ2v) is 8.28. The van der Waals surface area contributed by atoms with Crippen molar-refractivity contribution in [1.82, 2.24) is 4.31 Å². The number of amides is 1. The van der Waals surface area contributed by atoms with Crippen LogP contribution in [0.5, 0.6) is 0 Å². The Hall–Kier alpha value is -2.18. The Kier molecular flexibility index (Phi) is 6.21. The zero-order chi connectivity index (χ0) is 19.5. The van der Waals surface area contributed by atoms with Gasteiger partial charge in [-0.3, -0.25) is 4.79 Å². The largest absolute Gasteiger partial charge is 0.322 e. The second-order valence-electron chi connectivity index (χ2n) is 6.34. The highest BCUT2D eigenvalue weighted by Gasteiger charge is 2.22. The SMILES string of the molecule is CCN(CC)S(=O)(=O)c1ccc(C)c(NC(=O)c2ccc(C)cc2C)c1. The first-order valence-electron chi connectivity index (χ1n) is 8.70. The van der Waals surface area contributed by atoms with Gasteiger partial charge >= 0.3 is 0 Å². The van der Waals surface area contributed by atoms with Gasteiger partial charge < -0.3 is 5.32 Å². The topological polar surface area (TPSA) is 66.5 Å². The summed E-state index contributed by atoms with van der Waals surface area (Å²) in [5.41, 5.74) is 3.85. The molecule has 2 rings (SSSR count). The monoisotopic (exact) mass is 374 g/mol. The van der Waals surface area contributed by atoms with E-state index in [2.05, 4.69) is 5.32 Å². The highest BCUT2D eigenvalue weighted by Crippen LogP contribution is 2.24. The van der Waals surface area contributed by atoms with Gasteiger partial charge in [-0.25, -0.2) is 8.42 Å². The lowest BCUT2D eigenvalue weighted by Gasteiger charge is -2.19. The van der Waals surface area contributed by atoms with Crippen molar-refractivity contribution in [3.05, 3.63) is 58.7 Å². The van der Waals surface area contributed by atoms with Crippen LogP contribution in [0, 0.1) is 20.8 Å². The molecule has 2 aromatic carbocycles. The third kappa shape index (κ3) is 4.14. The van der Waals surface area contributed by atoms with Gasteiger partial charge in [0.25, 0.3) is 5.91 Å². The maximum atomic E-state index is 12.7. The molecule has 0 bridgehead atoms. The highest BCUT2D eigenvalue weighted by molar-refractivity contribution is 7.89. The molecule has 0 unspecified atom stereocenters. The molecule has 0 radical (unpaired) electrons. The van der Waals surface area contributed by atoms with Crippen LogP contribution in [0.1, 0.15) is 40.9 Å². The van der Waals surface area contributed by atoms with Gasteiger partial charge in [-0.15, -0.1) is 0 Å². The molecule has 0 atom stereocenters. The first-order chi connectivity index (χ1) is 12.2. The number of anilines is 1. The molecule has 0 fully saturated rings. The summed E-state index contributed by atoms with van der Waals surface area (Å²) < 4.78 is 26.8. The molecule has 0 saturated heterocycles. The van der Waals surface area contributed by atoms with E-state index in [1.54, 1.807) is 32.0 Å². The van der Waals surface area contributed by atoms with Crippen LogP contribution in [0.25, 0.3) is 0 Å². The fraction of sp³-hybridized carbons (Fsp3) is 0.350. The van der Waals surface area contributed by atoms with Gasteiger partial charge in [-0.2, -0.15) is 4.31 Å². The summed E-state index contributed by atoms with van der Waals surface area (Å²) in [6, 6.07) is 10.4. The quantitative estimate of drug-likeness (QED) is 0.834. The number of rotatable bonds is 6. The Morgan fingerprint density at radius 1 is 0.962 bits per heavy atom. The van der Waals surface area contributed by atoms with Crippen molar-refractivity contribution in [2.75, 3.05) is 18.4 Å². The number of sulfonamides is 1. The molecule has 26 heavy (non-hydrogen) atoms. The lowest BCUT2D eigenvalue weighted by Crippen LogP contribution is -2.30. The summed E-state index contributed by atoms with van der Waals surface area (Å²) in [7, 11) is -3.57. The highest BCUT2D eigenvalue weighted by atomic mass is 32.2. The minimum Gasteiger partial charge on any atom is -0.322 e. The van der Waals surface area contributed by atoms with Crippen molar-refractivity contribution in [2.45, 2.75) is 39.5 Å². The molecule has 0 aliphatic rings. The fourth-order valence-corrected chi connectivity index (χ4v) is 4.35. The van der Waals surface area contributed by atoms with Gasteiger partial charge in [0, 0.05) is 24.3 Å². The van der Waals surface area contributed by atoms with Gasteiger partial charge in [0.15, 0.2) is 0 Å². The molecular weight excluding hydrogens is 348 g/mol. The predicted molar refractivity (Wildman–Crippen MR) is 105 cm³/mol. The predicted octanol–water partition coefficient (Wildman–Crippen LogP) is 3.89. The number of hydrogen-bond donors (Lipinski definition) is 1. The van der Waals surface area contributed by atoms with Crippen molar-refractivity contribution >= 4 is 21.6 Å². The van der Waals surface area contributed by atoms with Crippen molar-refractivity contribution < 1.29 is 13.2 Å². The number of aryl methyl sites for hydroxylation is 3. The summed E-state index contributed by atoms with van der Waals surface area (Å²) >= 11 is 0. The number of nitrogens with zero attached hydrogens (tertiary/aromatic N) is 1. The van der Waals surface area contributed by atoms with Gasteiger partial charge in [0.05, 0.1) is 4.90 Å². The van der Waals surface area contributed by atoms with E-state index in [-0.39, 0.29) is 10.8 Å². The van der Waals surface area contributed by atoms with E-state index in [0.717, 1.165) is 16.7 Å². The fourth-order valence-electron chi connectivity index (χ4n) is 2.87. The number of carbonyl (C=O) groups excluding carboxylic acids is 1. The number of carbonyl (C=O) groups is 1. The van der Waals surface area contributed by atoms with E-state index in [1.165, 1.54) is 10.4 Å². The summed E-state index contributed by atoms with van der Waals surface area (Å²) in [6.45, 7) is 10.1. The second kappa shape index (κ2) is 8.01. The van der Waals surface area contributed by atoms with Crippen molar-refractivity contribution in [3.63, 3.8) is 0 Å². The third-order valence-electron chi connectivity index (χ3n) is 4.43. The van der Waals surface area contributed by atoms with Crippen LogP contribution in [0.3, 0.4) is 0 Å². The summed E-state index contributed by atoms with van der Waals surface area (Å²) in [5.74, 6) is -0.247. The molecule has 140 valence electrons. The molecule has 6 heteroatoms. The maximum absolute atomic E-state index is 12.7. The van der Waals surface area contributed by atoms with E-state index in [9.17, 15) is 13.2 Å². The Bertz CT molecular complexity index is 917. The lowest BCUT2D eigenvalue weighted by molar-refractivity contribution is 0.102. The zero-order valence-electron chi connectivity index (χ0n) is 16.0. The summed E-state index contributed by atoms with van der Waals surface area (Å²) in [6.07, 6.45) is 0. The Balaban J connectivity index is 2.37. The Labute approximate surface area is 156 Å². The molecule has 0 aliphatic heterocycles. The van der Waals surface area contributed by atoms with Crippen molar-refractivity contribution in [3.8, 4) is 0 Å². The van der Waals surface area contributed by atoms with Crippen LogP contribution in [-0.4, -0.2) is 31.7 Å². The summed E-state index contributed by atoms with van der Waals surface area (Å²) in [4.78, 5) is 12.8. The van der Waals surface area contributed by atoms with Crippen LogP contribution in [-0.2, 0) is 10.0 Å². The standard InChI is InChI=1S/C20H26N2O3S/c1-6-22(7-2)26(24,25)17-10-9-15(4)19(13-17)21-20(23)18-11-8-14(3)12-16(18)5/h8-13H,6-7H2,1-5H3,(H,21,23). The Morgan fingerprint density at radius 2 is 1.62 bits per heavy atom. The smallest absolute Gasteiger partial charge is 0.255 e. The Morgan fingerprint density at radius 3 is 2.19 bits per heavy atom.